The molecule has 0 aromatic rings. The second kappa shape index (κ2) is 4.12. The molecule has 1 heterocycles. The molecule has 0 aromatic heterocycles. The van der Waals surface area contributed by atoms with Gasteiger partial charge in [-0.25, -0.2) is 9.69 Å². The van der Waals surface area contributed by atoms with Crippen molar-refractivity contribution in [2.45, 2.75) is 32.7 Å². The van der Waals surface area contributed by atoms with Crippen molar-refractivity contribution in [2.24, 2.45) is 5.92 Å². The zero-order valence-electron chi connectivity index (χ0n) is 10.1. The molecule has 0 unspecified atom stereocenters. The molecular weight excluding hydrogens is 204 g/mol. The molecule has 4 heteroatoms. The van der Waals surface area contributed by atoms with Crippen LogP contribution in [0.5, 0.6) is 0 Å². The molecule has 3 amide bonds. The minimum absolute atomic E-state index is 0.235. The van der Waals surface area contributed by atoms with Gasteiger partial charge in [-0.1, -0.05) is 27.0 Å². The van der Waals surface area contributed by atoms with Gasteiger partial charge in [-0.15, -0.1) is 0 Å². The molecule has 0 radical (unpaired) electrons. The summed E-state index contributed by atoms with van der Waals surface area (Å²) in [5, 5.41) is 0. The Hall–Kier alpha value is -1.58. The van der Waals surface area contributed by atoms with Gasteiger partial charge in [0.15, 0.2) is 0 Å². The van der Waals surface area contributed by atoms with Crippen LogP contribution >= 0.6 is 0 Å². The second-order valence-corrected chi connectivity index (χ2v) is 4.56. The minimum atomic E-state index is -0.832. The van der Waals surface area contributed by atoms with Crippen molar-refractivity contribution in [3.05, 3.63) is 25.6 Å². The van der Waals surface area contributed by atoms with E-state index in [0.29, 0.717) is 12.3 Å². The van der Waals surface area contributed by atoms with Crippen molar-refractivity contribution < 1.29 is 9.59 Å². The first-order valence-corrected chi connectivity index (χ1v) is 5.30. The Morgan fingerprint density at radius 3 is 2.25 bits per heavy atom. The Morgan fingerprint density at radius 2 is 1.88 bits per heavy atom. The lowest BCUT2D eigenvalue weighted by Gasteiger charge is -2.30. The predicted octanol–water partition coefficient (Wildman–Crippen LogP) is 2.34. The van der Waals surface area contributed by atoms with E-state index >= 15 is 0 Å². The predicted molar refractivity (Wildman–Crippen MR) is 62.3 cm³/mol. The Labute approximate surface area is 96.2 Å². The van der Waals surface area contributed by atoms with E-state index in [1.165, 1.54) is 17.3 Å². The van der Waals surface area contributed by atoms with Gasteiger partial charge < -0.3 is 0 Å². The third-order valence-electron chi connectivity index (χ3n) is 2.79. The fourth-order valence-corrected chi connectivity index (χ4v) is 2.20. The zero-order valence-corrected chi connectivity index (χ0v) is 10.1. The largest absolute Gasteiger partial charge is 0.335 e. The molecule has 1 atom stereocenters. The lowest BCUT2D eigenvalue weighted by atomic mass is 9.89. The topological polar surface area (TPSA) is 40.6 Å². The van der Waals surface area contributed by atoms with Crippen molar-refractivity contribution in [1.29, 1.82) is 0 Å². The van der Waals surface area contributed by atoms with Crippen molar-refractivity contribution in [2.75, 3.05) is 0 Å². The number of carbonyl (C=O) groups excluding carboxylic acids is 2. The summed E-state index contributed by atoms with van der Waals surface area (Å²) in [5.74, 6) is 0.0788. The van der Waals surface area contributed by atoms with Gasteiger partial charge in [0.25, 0.3) is 5.91 Å². The summed E-state index contributed by atoms with van der Waals surface area (Å²) in [6.07, 6.45) is 3.27. The molecule has 1 fully saturated rings. The van der Waals surface area contributed by atoms with Crippen LogP contribution in [0.2, 0.25) is 0 Å². The van der Waals surface area contributed by atoms with Crippen LogP contribution in [0.25, 0.3) is 0 Å². The summed E-state index contributed by atoms with van der Waals surface area (Å²) >= 11 is 0. The van der Waals surface area contributed by atoms with Crippen LogP contribution in [-0.2, 0) is 4.79 Å². The van der Waals surface area contributed by atoms with Gasteiger partial charge in [0.05, 0.1) is 0 Å². The molecule has 88 valence electrons. The van der Waals surface area contributed by atoms with E-state index in [0.717, 1.165) is 4.90 Å². The first kappa shape index (κ1) is 12.5. The van der Waals surface area contributed by atoms with E-state index in [-0.39, 0.29) is 11.9 Å². The third-order valence-corrected chi connectivity index (χ3v) is 2.79. The van der Waals surface area contributed by atoms with Gasteiger partial charge in [-0.3, -0.25) is 9.69 Å². The molecular formula is C12H18N2O2. The summed E-state index contributed by atoms with van der Waals surface area (Å²) in [7, 11) is 0. The molecule has 0 aromatic carbocycles. The van der Waals surface area contributed by atoms with Gasteiger partial charge >= 0.3 is 6.03 Å². The van der Waals surface area contributed by atoms with E-state index in [2.05, 4.69) is 13.2 Å². The first-order valence-electron chi connectivity index (χ1n) is 5.30. The molecule has 1 saturated heterocycles. The van der Waals surface area contributed by atoms with E-state index < -0.39 is 5.54 Å². The van der Waals surface area contributed by atoms with E-state index in [1.54, 1.807) is 6.92 Å². The fourth-order valence-electron chi connectivity index (χ4n) is 2.20. The van der Waals surface area contributed by atoms with Gasteiger partial charge in [0.2, 0.25) is 0 Å². The molecule has 0 bridgehead atoms. The van der Waals surface area contributed by atoms with E-state index in [1.807, 2.05) is 13.8 Å². The van der Waals surface area contributed by atoms with Crippen molar-refractivity contribution in [1.82, 2.24) is 9.80 Å². The summed E-state index contributed by atoms with van der Waals surface area (Å²) in [4.78, 5) is 26.4. The molecule has 1 rings (SSSR count). The molecule has 1 aliphatic rings. The average molecular weight is 222 g/mol. The maximum Gasteiger partial charge on any atom is 0.335 e. The highest BCUT2D eigenvalue weighted by atomic mass is 16.2. The smallest absolute Gasteiger partial charge is 0.286 e. The van der Waals surface area contributed by atoms with Crippen LogP contribution < -0.4 is 0 Å². The van der Waals surface area contributed by atoms with Gasteiger partial charge in [-0.2, -0.15) is 0 Å². The third kappa shape index (κ3) is 1.64. The summed E-state index contributed by atoms with van der Waals surface area (Å²) in [6, 6.07) is -0.377. The Bertz CT molecular complexity index is 349. The van der Waals surface area contributed by atoms with Crippen molar-refractivity contribution >= 4 is 11.9 Å². The number of amides is 3. The number of imide groups is 1. The quantitative estimate of drug-likeness (QED) is 0.685. The maximum absolute atomic E-state index is 12.1. The first-order chi connectivity index (χ1) is 7.38. The SMILES string of the molecule is C=CN1C(=O)N(C=C)[C@@](C)(CC(C)C)C1=O. The summed E-state index contributed by atoms with van der Waals surface area (Å²) in [5.41, 5.74) is -0.832. The Kier molecular flexibility index (Phi) is 3.21. The number of carbonyl (C=O) groups is 2. The van der Waals surface area contributed by atoms with Gasteiger partial charge in [-0.05, 0) is 19.3 Å². The molecule has 4 nitrogen and oxygen atoms in total. The van der Waals surface area contributed by atoms with Crippen LogP contribution in [0, 0.1) is 5.92 Å². The molecule has 0 spiro atoms. The number of urea groups is 1. The summed E-state index contributed by atoms with van der Waals surface area (Å²) in [6.45, 7) is 12.9. The van der Waals surface area contributed by atoms with E-state index in [9.17, 15) is 9.59 Å². The molecule has 1 aliphatic heterocycles. The van der Waals surface area contributed by atoms with E-state index in [4.69, 9.17) is 0 Å². The highest BCUT2D eigenvalue weighted by molar-refractivity contribution is 6.08. The highest BCUT2D eigenvalue weighted by Gasteiger charge is 2.52. The van der Waals surface area contributed by atoms with Crippen LogP contribution in [0.1, 0.15) is 27.2 Å². The fraction of sp³-hybridized carbons (Fsp3) is 0.500. The monoisotopic (exact) mass is 222 g/mol. The normalized spacial score (nSPS) is 25.5. The number of rotatable bonds is 4. The number of hydrogen-bond acceptors (Lipinski definition) is 2. The van der Waals surface area contributed by atoms with Gasteiger partial charge in [0.1, 0.15) is 5.54 Å². The average Bonchev–Trinajstić information content (AvgIpc) is 2.34. The Morgan fingerprint density at radius 1 is 1.31 bits per heavy atom. The van der Waals surface area contributed by atoms with Crippen LogP contribution in [-0.4, -0.2) is 27.3 Å². The van der Waals surface area contributed by atoms with Gasteiger partial charge in [0, 0.05) is 12.4 Å². The van der Waals surface area contributed by atoms with Crippen LogP contribution in [0.15, 0.2) is 25.6 Å². The molecule has 0 aliphatic carbocycles. The van der Waals surface area contributed by atoms with Crippen molar-refractivity contribution in [3.63, 3.8) is 0 Å². The number of nitrogens with zero attached hydrogens (tertiary/aromatic N) is 2. The standard InChI is InChI=1S/C12H18N2O2/c1-6-13-10(15)12(5,8-9(3)4)14(7-2)11(13)16/h6-7,9H,1-2,8H2,3-5H3/t12-/m0/s1. The lowest BCUT2D eigenvalue weighted by molar-refractivity contribution is -0.131. The molecule has 0 N–H and O–H groups in total. The van der Waals surface area contributed by atoms with Crippen LogP contribution in [0.4, 0.5) is 4.79 Å². The van der Waals surface area contributed by atoms with Crippen molar-refractivity contribution in [3.8, 4) is 0 Å². The minimum Gasteiger partial charge on any atom is -0.286 e. The Balaban J connectivity index is 3.16. The summed E-state index contributed by atoms with van der Waals surface area (Å²) < 4.78 is 0. The molecule has 16 heavy (non-hydrogen) atoms. The van der Waals surface area contributed by atoms with Crippen LogP contribution in [0.3, 0.4) is 0 Å². The lowest BCUT2D eigenvalue weighted by Crippen LogP contribution is -2.45. The number of hydrogen-bond donors (Lipinski definition) is 0. The maximum atomic E-state index is 12.1. The second-order valence-electron chi connectivity index (χ2n) is 4.56. The molecule has 0 saturated carbocycles. The highest BCUT2D eigenvalue weighted by Crippen LogP contribution is 2.33. The zero-order chi connectivity index (χ0) is 12.5.